The van der Waals surface area contributed by atoms with Crippen molar-refractivity contribution in [2.45, 2.75) is 6.92 Å². The molecule has 21 heavy (non-hydrogen) atoms. The smallest absolute Gasteiger partial charge is 0.161 e. The van der Waals surface area contributed by atoms with Gasteiger partial charge in [-0.05, 0) is 42.8 Å². The molecule has 1 heterocycles. The van der Waals surface area contributed by atoms with Gasteiger partial charge in [-0.1, -0.05) is 17.7 Å². The van der Waals surface area contributed by atoms with E-state index in [0.717, 1.165) is 16.9 Å². The number of hydrogen-bond acceptors (Lipinski definition) is 3. The molecular weight excluding hydrogens is 291 g/mol. The van der Waals surface area contributed by atoms with Gasteiger partial charge in [0.25, 0.3) is 0 Å². The molecular formula is C16H12ClFN2O. The van der Waals surface area contributed by atoms with Gasteiger partial charge in [0.05, 0.1) is 18.0 Å². The molecule has 3 aromatic rings. The summed E-state index contributed by atoms with van der Waals surface area (Å²) in [5.41, 5.74) is 2.18. The van der Waals surface area contributed by atoms with Gasteiger partial charge in [0.1, 0.15) is 16.7 Å². The van der Waals surface area contributed by atoms with Crippen LogP contribution in [0.25, 0.3) is 22.3 Å². The number of benzene rings is 2. The zero-order valence-corrected chi connectivity index (χ0v) is 12.3. The molecule has 0 spiro atoms. The number of fused-ring (bicyclic) bond motifs is 1. The summed E-state index contributed by atoms with van der Waals surface area (Å²) in [6.45, 7) is 1.86. The minimum absolute atomic E-state index is 0.118. The molecule has 0 saturated heterocycles. The third-order valence-electron chi connectivity index (χ3n) is 3.31. The zero-order valence-electron chi connectivity index (χ0n) is 11.5. The third kappa shape index (κ3) is 2.43. The number of halogens is 2. The first-order valence-electron chi connectivity index (χ1n) is 6.37. The number of nitrogens with zero attached hydrogens (tertiary/aromatic N) is 2. The molecule has 0 unspecified atom stereocenters. The van der Waals surface area contributed by atoms with Gasteiger partial charge >= 0.3 is 0 Å². The number of ether oxygens (including phenoxy) is 1. The highest BCUT2D eigenvalue weighted by molar-refractivity contribution is 6.34. The van der Waals surface area contributed by atoms with Crippen molar-refractivity contribution in [3.05, 3.63) is 52.9 Å². The van der Waals surface area contributed by atoms with Crippen molar-refractivity contribution in [1.82, 2.24) is 9.97 Å². The molecule has 0 aliphatic heterocycles. The topological polar surface area (TPSA) is 35.0 Å². The van der Waals surface area contributed by atoms with E-state index in [-0.39, 0.29) is 10.5 Å². The van der Waals surface area contributed by atoms with Crippen LogP contribution in [0.15, 0.2) is 36.4 Å². The maximum atomic E-state index is 13.9. The SMILES string of the molecule is COc1ccc(-c2nc(Cl)c3c(F)ccc(C)c3n2)cc1. The fourth-order valence-electron chi connectivity index (χ4n) is 2.16. The van der Waals surface area contributed by atoms with E-state index in [4.69, 9.17) is 16.3 Å². The van der Waals surface area contributed by atoms with Crippen LogP contribution < -0.4 is 4.74 Å². The first kappa shape index (κ1) is 13.8. The van der Waals surface area contributed by atoms with Crippen molar-refractivity contribution in [1.29, 1.82) is 0 Å². The van der Waals surface area contributed by atoms with Gasteiger partial charge in [0, 0.05) is 5.56 Å². The lowest BCUT2D eigenvalue weighted by molar-refractivity contribution is 0.415. The van der Waals surface area contributed by atoms with E-state index in [1.54, 1.807) is 13.2 Å². The summed E-state index contributed by atoms with van der Waals surface area (Å²) in [7, 11) is 1.60. The Balaban J connectivity index is 2.22. The predicted octanol–water partition coefficient (Wildman–Crippen LogP) is 4.41. The molecule has 3 rings (SSSR count). The van der Waals surface area contributed by atoms with Crippen LogP contribution in [0, 0.1) is 12.7 Å². The molecule has 0 saturated carbocycles. The average molecular weight is 303 g/mol. The monoisotopic (exact) mass is 302 g/mol. The molecule has 0 atom stereocenters. The predicted molar refractivity (Wildman–Crippen MR) is 81.2 cm³/mol. The Hall–Kier alpha value is -2.20. The Kier molecular flexibility index (Phi) is 3.47. The van der Waals surface area contributed by atoms with Crippen molar-refractivity contribution in [2.24, 2.45) is 0 Å². The maximum absolute atomic E-state index is 13.9. The molecule has 0 radical (unpaired) electrons. The van der Waals surface area contributed by atoms with E-state index in [9.17, 15) is 4.39 Å². The molecule has 0 aliphatic carbocycles. The van der Waals surface area contributed by atoms with Crippen molar-refractivity contribution < 1.29 is 9.13 Å². The van der Waals surface area contributed by atoms with Crippen molar-refractivity contribution in [2.75, 3.05) is 7.11 Å². The highest BCUT2D eigenvalue weighted by Crippen LogP contribution is 2.29. The second-order valence-electron chi connectivity index (χ2n) is 4.65. The van der Waals surface area contributed by atoms with Gasteiger partial charge in [-0.25, -0.2) is 14.4 Å². The van der Waals surface area contributed by atoms with Gasteiger partial charge in [0.2, 0.25) is 0 Å². The van der Waals surface area contributed by atoms with Gasteiger partial charge in [0.15, 0.2) is 5.82 Å². The average Bonchev–Trinajstić information content (AvgIpc) is 2.50. The largest absolute Gasteiger partial charge is 0.497 e. The van der Waals surface area contributed by atoms with Gasteiger partial charge in [-0.3, -0.25) is 0 Å². The fourth-order valence-corrected chi connectivity index (χ4v) is 2.42. The van der Waals surface area contributed by atoms with Gasteiger partial charge < -0.3 is 4.74 Å². The molecule has 0 bridgehead atoms. The quantitative estimate of drug-likeness (QED) is 0.658. The summed E-state index contributed by atoms with van der Waals surface area (Å²) >= 11 is 6.13. The molecule has 5 heteroatoms. The Morgan fingerprint density at radius 2 is 1.76 bits per heavy atom. The van der Waals surface area contributed by atoms with Gasteiger partial charge in [-0.15, -0.1) is 0 Å². The Morgan fingerprint density at radius 3 is 2.43 bits per heavy atom. The highest BCUT2D eigenvalue weighted by atomic mass is 35.5. The summed E-state index contributed by atoms with van der Waals surface area (Å²) in [4.78, 5) is 8.65. The summed E-state index contributed by atoms with van der Waals surface area (Å²) in [5.74, 6) is 0.790. The number of methoxy groups -OCH3 is 1. The summed E-state index contributed by atoms with van der Waals surface area (Å²) < 4.78 is 19.0. The lowest BCUT2D eigenvalue weighted by Crippen LogP contribution is -1.96. The van der Waals surface area contributed by atoms with Crippen LogP contribution in [-0.2, 0) is 0 Å². The van der Waals surface area contributed by atoms with Crippen LogP contribution in [0.3, 0.4) is 0 Å². The molecule has 0 aliphatic rings. The molecule has 3 nitrogen and oxygen atoms in total. The molecule has 0 amide bonds. The van der Waals surface area contributed by atoms with Crippen molar-refractivity contribution in [3.63, 3.8) is 0 Å². The van der Waals surface area contributed by atoms with E-state index in [2.05, 4.69) is 9.97 Å². The minimum Gasteiger partial charge on any atom is -0.497 e. The minimum atomic E-state index is -0.415. The van der Waals surface area contributed by atoms with Gasteiger partial charge in [-0.2, -0.15) is 0 Å². The molecule has 2 aromatic carbocycles. The van der Waals surface area contributed by atoms with Crippen molar-refractivity contribution >= 4 is 22.5 Å². The molecule has 0 fully saturated rings. The number of aromatic nitrogens is 2. The van der Waals surface area contributed by atoms with Crippen LogP contribution >= 0.6 is 11.6 Å². The fraction of sp³-hybridized carbons (Fsp3) is 0.125. The van der Waals surface area contributed by atoms with Crippen molar-refractivity contribution in [3.8, 4) is 17.1 Å². The molecule has 106 valence electrons. The highest BCUT2D eigenvalue weighted by Gasteiger charge is 2.13. The lowest BCUT2D eigenvalue weighted by atomic mass is 10.1. The number of hydrogen-bond donors (Lipinski definition) is 0. The summed E-state index contributed by atoms with van der Waals surface area (Å²) in [6, 6.07) is 10.4. The normalized spacial score (nSPS) is 10.9. The standard InChI is InChI=1S/C16H12ClFN2O/c1-9-3-8-12(18)13-14(9)19-16(20-15(13)17)10-4-6-11(21-2)7-5-10/h3-8H,1-2H3. The first-order valence-corrected chi connectivity index (χ1v) is 6.74. The van der Waals surface area contributed by atoms with Crippen LogP contribution in [0.1, 0.15) is 5.56 Å². The van der Waals surface area contributed by atoms with E-state index in [1.165, 1.54) is 6.07 Å². The zero-order chi connectivity index (χ0) is 15.0. The molecule has 0 N–H and O–H groups in total. The summed E-state index contributed by atoms with van der Waals surface area (Å²) in [6.07, 6.45) is 0. The van der Waals surface area contributed by atoms with Crippen LogP contribution in [0.5, 0.6) is 5.75 Å². The molecule has 1 aromatic heterocycles. The Bertz CT molecular complexity index is 819. The maximum Gasteiger partial charge on any atom is 0.161 e. The second-order valence-corrected chi connectivity index (χ2v) is 5.01. The number of aryl methyl sites for hydroxylation is 1. The van der Waals surface area contributed by atoms with E-state index >= 15 is 0 Å². The van der Waals surface area contributed by atoms with E-state index in [0.29, 0.717) is 11.3 Å². The first-order chi connectivity index (χ1) is 10.1. The third-order valence-corrected chi connectivity index (χ3v) is 3.58. The van der Waals surface area contributed by atoms with Crippen LogP contribution in [0.2, 0.25) is 5.15 Å². The Morgan fingerprint density at radius 1 is 1.05 bits per heavy atom. The van der Waals surface area contributed by atoms with Crippen LogP contribution in [0.4, 0.5) is 4.39 Å². The van der Waals surface area contributed by atoms with Crippen LogP contribution in [-0.4, -0.2) is 17.1 Å². The second kappa shape index (κ2) is 5.30. The number of rotatable bonds is 2. The summed E-state index contributed by atoms with van der Waals surface area (Å²) in [5, 5.41) is 0.376. The van der Waals surface area contributed by atoms with E-state index < -0.39 is 5.82 Å². The lowest BCUT2D eigenvalue weighted by Gasteiger charge is -2.08. The van der Waals surface area contributed by atoms with E-state index in [1.807, 2.05) is 31.2 Å². The Labute approximate surface area is 126 Å².